The highest BCUT2D eigenvalue weighted by atomic mass is 19.4. The third-order valence-electron chi connectivity index (χ3n) is 3.99. The molecule has 0 radical (unpaired) electrons. The van der Waals surface area contributed by atoms with Gasteiger partial charge >= 0.3 is 6.18 Å². The van der Waals surface area contributed by atoms with Crippen LogP contribution in [0.2, 0.25) is 0 Å². The lowest BCUT2D eigenvalue weighted by Gasteiger charge is -2.07. The summed E-state index contributed by atoms with van der Waals surface area (Å²) >= 11 is 0. The predicted molar refractivity (Wildman–Crippen MR) is 100 cm³/mol. The Morgan fingerprint density at radius 2 is 1.93 bits per heavy atom. The second-order valence-corrected chi connectivity index (χ2v) is 6.08. The molecule has 0 fully saturated rings. The minimum absolute atomic E-state index is 0.0879. The lowest BCUT2D eigenvalue weighted by Crippen LogP contribution is -2.09. The van der Waals surface area contributed by atoms with Gasteiger partial charge in [0.2, 0.25) is 5.91 Å². The van der Waals surface area contributed by atoms with Gasteiger partial charge < -0.3 is 5.32 Å². The first-order valence-corrected chi connectivity index (χ1v) is 8.49. The van der Waals surface area contributed by atoms with Gasteiger partial charge in [0, 0.05) is 47.9 Å². The van der Waals surface area contributed by atoms with Gasteiger partial charge in [-0.05, 0) is 41.8 Å². The van der Waals surface area contributed by atoms with E-state index in [4.69, 9.17) is 0 Å². The van der Waals surface area contributed by atoms with Crippen molar-refractivity contribution in [2.24, 2.45) is 0 Å². The number of alkyl halides is 3. The van der Waals surface area contributed by atoms with Crippen molar-refractivity contribution in [3.05, 3.63) is 72.3 Å². The molecule has 8 heteroatoms. The van der Waals surface area contributed by atoms with E-state index in [1.807, 2.05) is 6.07 Å². The third kappa shape index (κ3) is 5.54. The number of nitrogens with zero attached hydrogens (tertiary/aromatic N) is 2. The van der Waals surface area contributed by atoms with Crippen molar-refractivity contribution < 1.29 is 18.0 Å². The van der Waals surface area contributed by atoms with Crippen LogP contribution in [0.15, 0.2) is 61.2 Å². The Morgan fingerprint density at radius 3 is 2.61 bits per heavy atom. The standard InChI is InChI=1S/C20H17F3N4O/c21-20(22,23)9-7-14-1-4-17(5-2-14)27-19(28)6-3-15-11-24-10-8-18(15)16-12-25-26-13-16/h1-6,8,10-13H,7,9H2,(H,25,26)(H,27,28)/b6-3+. The maximum Gasteiger partial charge on any atom is 0.389 e. The Bertz CT molecular complexity index is 948. The molecule has 0 atom stereocenters. The molecule has 0 bridgehead atoms. The molecule has 0 spiro atoms. The average Bonchev–Trinajstić information content (AvgIpc) is 3.20. The van der Waals surface area contributed by atoms with Crippen LogP contribution in [0.4, 0.5) is 18.9 Å². The normalized spacial score (nSPS) is 11.7. The number of carbonyl (C=O) groups excluding carboxylic acids is 1. The fourth-order valence-electron chi connectivity index (χ4n) is 2.59. The molecule has 0 saturated heterocycles. The first-order chi connectivity index (χ1) is 13.4. The van der Waals surface area contributed by atoms with Crippen LogP contribution < -0.4 is 5.32 Å². The minimum Gasteiger partial charge on any atom is -0.323 e. The number of hydrogen-bond donors (Lipinski definition) is 2. The van der Waals surface area contributed by atoms with E-state index in [1.165, 1.54) is 6.08 Å². The fraction of sp³-hybridized carbons (Fsp3) is 0.150. The highest BCUT2D eigenvalue weighted by molar-refractivity contribution is 6.02. The van der Waals surface area contributed by atoms with Crippen LogP contribution >= 0.6 is 0 Å². The molecule has 5 nitrogen and oxygen atoms in total. The summed E-state index contributed by atoms with van der Waals surface area (Å²) in [5.41, 5.74) is 3.57. The first-order valence-electron chi connectivity index (χ1n) is 8.49. The van der Waals surface area contributed by atoms with Crippen LogP contribution in [0, 0.1) is 0 Å². The zero-order valence-corrected chi connectivity index (χ0v) is 14.7. The van der Waals surface area contributed by atoms with Gasteiger partial charge in [-0.1, -0.05) is 12.1 Å². The summed E-state index contributed by atoms with van der Waals surface area (Å²) in [5.74, 6) is -0.356. The zero-order chi connectivity index (χ0) is 20.0. The summed E-state index contributed by atoms with van der Waals surface area (Å²) < 4.78 is 36.8. The molecule has 2 aromatic heterocycles. The van der Waals surface area contributed by atoms with Crippen molar-refractivity contribution in [1.29, 1.82) is 0 Å². The first kappa shape index (κ1) is 19.3. The number of carbonyl (C=O) groups is 1. The monoisotopic (exact) mass is 386 g/mol. The number of pyridine rings is 1. The maximum atomic E-state index is 12.3. The minimum atomic E-state index is -4.18. The highest BCUT2D eigenvalue weighted by Gasteiger charge is 2.26. The average molecular weight is 386 g/mol. The van der Waals surface area contributed by atoms with Gasteiger partial charge in [0.05, 0.1) is 6.20 Å². The number of amides is 1. The van der Waals surface area contributed by atoms with Crippen molar-refractivity contribution in [3.63, 3.8) is 0 Å². The highest BCUT2D eigenvalue weighted by Crippen LogP contribution is 2.23. The molecule has 28 heavy (non-hydrogen) atoms. The lowest BCUT2D eigenvalue weighted by atomic mass is 10.0. The Labute approximate surface area is 159 Å². The van der Waals surface area contributed by atoms with Crippen LogP contribution in [0.3, 0.4) is 0 Å². The van der Waals surface area contributed by atoms with Gasteiger partial charge in [0.25, 0.3) is 0 Å². The molecule has 1 aromatic carbocycles. The van der Waals surface area contributed by atoms with Gasteiger partial charge in [-0.15, -0.1) is 0 Å². The van der Waals surface area contributed by atoms with Crippen molar-refractivity contribution in [2.75, 3.05) is 5.32 Å². The number of benzene rings is 1. The molecule has 0 saturated carbocycles. The van der Waals surface area contributed by atoms with Crippen LogP contribution in [0.1, 0.15) is 17.5 Å². The Balaban J connectivity index is 1.62. The van der Waals surface area contributed by atoms with E-state index in [0.717, 1.165) is 16.7 Å². The summed E-state index contributed by atoms with van der Waals surface area (Å²) in [5, 5.41) is 9.33. The van der Waals surface area contributed by atoms with E-state index in [1.54, 1.807) is 55.1 Å². The van der Waals surface area contributed by atoms with E-state index in [-0.39, 0.29) is 12.3 Å². The number of aromatic amines is 1. The maximum absolute atomic E-state index is 12.3. The van der Waals surface area contributed by atoms with E-state index in [2.05, 4.69) is 20.5 Å². The van der Waals surface area contributed by atoms with E-state index < -0.39 is 12.6 Å². The molecular weight excluding hydrogens is 369 g/mol. The third-order valence-corrected chi connectivity index (χ3v) is 3.99. The largest absolute Gasteiger partial charge is 0.389 e. The second kappa shape index (κ2) is 8.51. The number of rotatable bonds is 6. The fourth-order valence-corrected chi connectivity index (χ4v) is 2.59. The lowest BCUT2D eigenvalue weighted by molar-refractivity contribution is -0.134. The molecule has 2 N–H and O–H groups in total. The smallest absolute Gasteiger partial charge is 0.323 e. The Morgan fingerprint density at radius 1 is 1.14 bits per heavy atom. The molecule has 1 amide bonds. The Hall–Kier alpha value is -3.42. The van der Waals surface area contributed by atoms with Gasteiger partial charge in [-0.2, -0.15) is 18.3 Å². The number of nitrogens with one attached hydrogen (secondary N) is 2. The molecule has 0 aliphatic heterocycles. The molecule has 0 aliphatic rings. The van der Waals surface area contributed by atoms with E-state index in [9.17, 15) is 18.0 Å². The quantitative estimate of drug-likeness (QED) is 0.608. The Kier molecular flexibility index (Phi) is 5.88. The molecule has 144 valence electrons. The summed E-state index contributed by atoms with van der Waals surface area (Å²) in [7, 11) is 0. The summed E-state index contributed by atoms with van der Waals surface area (Å²) in [6.07, 6.45) is 4.59. The molecule has 0 unspecified atom stereocenters. The summed E-state index contributed by atoms with van der Waals surface area (Å²) in [6.45, 7) is 0. The SMILES string of the molecule is O=C(/C=C/c1cnccc1-c1cn[nH]c1)Nc1ccc(CCC(F)(F)F)cc1. The van der Waals surface area contributed by atoms with Crippen molar-refractivity contribution in [3.8, 4) is 11.1 Å². The van der Waals surface area contributed by atoms with Gasteiger partial charge in [0.1, 0.15) is 0 Å². The van der Waals surface area contributed by atoms with E-state index in [0.29, 0.717) is 11.3 Å². The van der Waals surface area contributed by atoms with Gasteiger partial charge in [-0.25, -0.2) is 0 Å². The molecule has 3 aromatic rings. The summed E-state index contributed by atoms with van der Waals surface area (Å²) in [6, 6.07) is 8.13. The molecule has 3 rings (SSSR count). The predicted octanol–water partition coefficient (Wildman–Crippen LogP) is 4.62. The van der Waals surface area contributed by atoms with Gasteiger partial charge in [0.15, 0.2) is 0 Å². The van der Waals surface area contributed by atoms with Crippen molar-refractivity contribution in [1.82, 2.24) is 15.2 Å². The summed E-state index contributed by atoms with van der Waals surface area (Å²) in [4.78, 5) is 16.2. The molecular formula is C20H17F3N4O. The zero-order valence-electron chi connectivity index (χ0n) is 14.7. The van der Waals surface area contributed by atoms with Crippen LogP contribution in [0.5, 0.6) is 0 Å². The van der Waals surface area contributed by atoms with Gasteiger partial charge in [-0.3, -0.25) is 14.9 Å². The van der Waals surface area contributed by atoms with Crippen molar-refractivity contribution >= 4 is 17.7 Å². The van der Waals surface area contributed by atoms with Crippen LogP contribution in [-0.2, 0) is 11.2 Å². The topological polar surface area (TPSA) is 70.7 Å². The van der Waals surface area contributed by atoms with Crippen LogP contribution in [-0.4, -0.2) is 27.3 Å². The number of aromatic nitrogens is 3. The number of anilines is 1. The number of aryl methyl sites for hydroxylation is 1. The van der Waals surface area contributed by atoms with E-state index >= 15 is 0 Å². The second-order valence-electron chi connectivity index (χ2n) is 6.08. The van der Waals surface area contributed by atoms with Crippen LogP contribution in [0.25, 0.3) is 17.2 Å². The number of H-pyrrole nitrogens is 1. The number of hydrogen-bond acceptors (Lipinski definition) is 3. The molecule has 0 aliphatic carbocycles. The molecule has 2 heterocycles. The van der Waals surface area contributed by atoms with Crippen molar-refractivity contribution in [2.45, 2.75) is 19.0 Å². The number of halogens is 3.